The summed E-state index contributed by atoms with van der Waals surface area (Å²) >= 11 is 0. The van der Waals surface area contributed by atoms with E-state index in [4.69, 9.17) is 0 Å². The number of nitrogens with zero attached hydrogens (tertiary/aromatic N) is 7. The second kappa shape index (κ2) is 5.35. The third-order valence-electron chi connectivity index (χ3n) is 3.84. The molecular formula is C12H21N7O. The second-order valence-electron chi connectivity index (χ2n) is 5.71. The molecule has 1 aliphatic carbocycles. The fraction of sp³-hybridized carbons (Fsp3) is 0.833. The van der Waals surface area contributed by atoms with Crippen LogP contribution in [0, 0.1) is 0 Å². The van der Waals surface area contributed by atoms with Crippen LogP contribution in [-0.4, -0.2) is 81.2 Å². The number of piperazine rings is 1. The number of urea groups is 1. The summed E-state index contributed by atoms with van der Waals surface area (Å²) < 4.78 is 1.96. The van der Waals surface area contributed by atoms with Crippen molar-refractivity contribution >= 4 is 6.03 Å². The molecule has 0 radical (unpaired) electrons. The number of amides is 2. The highest BCUT2D eigenvalue weighted by atomic mass is 16.2. The van der Waals surface area contributed by atoms with Crippen molar-refractivity contribution in [3.63, 3.8) is 0 Å². The van der Waals surface area contributed by atoms with Gasteiger partial charge in [-0.2, -0.15) is 0 Å². The molecule has 1 aromatic heterocycles. The van der Waals surface area contributed by atoms with Crippen LogP contribution in [-0.2, 0) is 6.54 Å². The van der Waals surface area contributed by atoms with Gasteiger partial charge in [-0.1, -0.05) is 0 Å². The van der Waals surface area contributed by atoms with E-state index >= 15 is 0 Å². The molecule has 2 fully saturated rings. The van der Waals surface area contributed by atoms with E-state index in [-0.39, 0.29) is 6.03 Å². The van der Waals surface area contributed by atoms with Gasteiger partial charge in [0.05, 0.1) is 12.6 Å². The van der Waals surface area contributed by atoms with Crippen molar-refractivity contribution in [2.24, 2.45) is 0 Å². The van der Waals surface area contributed by atoms with Crippen molar-refractivity contribution in [2.75, 3.05) is 40.3 Å². The van der Waals surface area contributed by atoms with Gasteiger partial charge in [0.2, 0.25) is 0 Å². The van der Waals surface area contributed by atoms with Gasteiger partial charge in [-0.15, -0.1) is 5.10 Å². The monoisotopic (exact) mass is 279 g/mol. The molecular weight excluding hydrogens is 258 g/mol. The van der Waals surface area contributed by atoms with Crippen LogP contribution in [0.25, 0.3) is 0 Å². The molecule has 0 bridgehead atoms. The fourth-order valence-corrected chi connectivity index (χ4v) is 2.50. The largest absolute Gasteiger partial charge is 0.331 e. The van der Waals surface area contributed by atoms with Crippen molar-refractivity contribution in [1.29, 1.82) is 0 Å². The van der Waals surface area contributed by atoms with Gasteiger partial charge in [0.15, 0.2) is 5.82 Å². The van der Waals surface area contributed by atoms with Crippen LogP contribution in [0.2, 0.25) is 0 Å². The van der Waals surface area contributed by atoms with Crippen LogP contribution >= 0.6 is 0 Å². The zero-order valence-corrected chi connectivity index (χ0v) is 12.1. The first-order valence-corrected chi connectivity index (χ1v) is 7.10. The van der Waals surface area contributed by atoms with Crippen LogP contribution in [0.15, 0.2) is 0 Å². The molecule has 1 saturated carbocycles. The first-order valence-electron chi connectivity index (χ1n) is 7.10. The molecule has 1 aromatic rings. The molecule has 0 unspecified atom stereocenters. The summed E-state index contributed by atoms with van der Waals surface area (Å²) in [6, 6.07) is 0.601. The Morgan fingerprint density at radius 3 is 2.55 bits per heavy atom. The Bertz CT molecular complexity index is 474. The van der Waals surface area contributed by atoms with E-state index in [1.165, 1.54) is 12.8 Å². The number of rotatable bonds is 3. The third kappa shape index (κ3) is 2.74. The molecule has 0 spiro atoms. The molecule has 2 heterocycles. The number of carbonyl (C=O) groups excluding carboxylic acids is 1. The number of carbonyl (C=O) groups is 1. The standard InChI is InChI=1S/C12H21N7O/c1-16(2)12(20)18-7-5-17(6-8-18)9-11-13-14-15-19(11)10-3-4-10/h10H,3-9H2,1-2H3. The summed E-state index contributed by atoms with van der Waals surface area (Å²) in [5, 5.41) is 12.0. The SMILES string of the molecule is CN(C)C(=O)N1CCN(Cc2nnnn2C2CC2)CC1. The van der Waals surface area contributed by atoms with E-state index in [0.29, 0.717) is 6.04 Å². The summed E-state index contributed by atoms with van der Waals surface area (Å²) in [6.07, 6.45) is 2.37. The first-order chi connectivity index (χ1) is 9.65. The predicted octanol–water partition coefficient (Wildman–Crippen LogP) is -0.193. The molecule has 1 saturated heterocycles. The van der Waals surface area contributed by atoms with Gasteiger partial charge < -0.3 is 9.80 Å². The molecule has 0 atom stereocenters. The van der Waals surface area contributed by atoms with Crippen LogP contribution in [0.5, 0.6) is 0 Å². The Balaban J connectivity index is 1.53. The lowest BCUT2D eigenvalue weighted by atomic mass is 10.3. The van der Waals surface area contributed by atoms with Gasteiger partial charge in [-0.3, -0.25) is 4.90 Å². The molecule has 8 nitrogen and oxygen atoms in total. The lowest BCUT2D eigenvalue weighted by molar-refractivity contribution is 0.117. The highest BCUT2D eigenvalue weighted by Gasteiger charge is 2.29. The van der Waals surface area contributed by atoms with Gasteiger partial charge in [0.1, 0.15) is 0 Å². The van der Waals surface area contributed by atoms with E-state index < -0.39 is 0 Å². The van der Waals surface area contributed by atoms with Crippen LogP contribution in [0.4, 0.5) is 4.79 Å². The van der Waals surface area contributed by atoms with Gasteiger partial charge >= 0.3 is 6.03 Å². The zero-order valence-electron chi connectivity index (χ0n) is 12.1. The molecule has 2 amide bonds. The number of hydrogen-bond acceptors (Lipinski definition) is 5. The van der Waals surface area contributed by atoms with Gasteiger partial charge in [-0.05, 0) is 23.3 Å². The minimum atomic E-state index is 0.0902. The molecule has 0 N–H and O–H groups in total. The summed E-state index contributed by atoms with van der Waals surface area (Å²) in [5.41, 5.74) is 0. The fourth-order valence-electron chi connectivity index (χ4n) is 2.50. The van der Waals surface area contributed by atoms with Crippen molar-refractivity contribution in [1.82, 2.24) is 34.9 Å². The maximum absolute atomic E-state index is 11.9. The van der Waals surface area contributed by atoms with E-state index in [1.807, 2.05) is 9.58 Å². The Morgan fingerprint density at radius 2 is 1.95 bits per heavy atom. The minimum Gasteiger partial charge on any atom is -0.331 e. The van der Waals surface area contributed by atoms with Crippen molar-refractivity contribution < 1.29 is 4.79 Å². The highest BCUT2D eigenvalue weighted by molar-refractivity contribution is 5.73. The number of tetrazole rings is 1. The van der Waals surface area contributed by atoms with Crippen LogP contribution < -0.4 is 0 Å². The maximum Gasteiger partial charge on any atom is 0.319 e. The molecule has 20 heavy (non-hydrogen) atoms. The van der Waals surface area contributed by atoms with Crippen LogP contribution in [0.1, 0.15) is 24.7 Å². The Morgan fingerprint density at radius 1 is 1.25 bits per heavy atom. The highest BCUT2D eigenvalue weighted by Crippen LogP contribution is 2.34. The van der Waals surface area contributed by atoms with Crippen molar-refractivity contribution in [2.45, 2.75) is 25.4 Å². The summed E-state index contributed by atoms with van der Waals surface area (Å²) in [5.74, 6) is 0.944. The van der Waals surface area contributed by atoms with Gasteiger partial charge in [-0.25, -0.2) is 9.48 Å². The van der Waals surface area contributed by atoms with Crippen molar-refractivity contribution in [3.8, 4) is 0 Å². The predicted molar refractivity (Wildman–Crippen MR) is 72.0 cm³/mol. The molecule has 110 valence electrons. The third-order valence-corrected chi connectivity index (χ3v) is 3.84. The lowest BCUT2D eigenvalue weighted by Gasteiger charge is -2.35. The summed E-state index contributed by atoms with van der Waals surface area (Å²) in [6.45, 7) is 4.05. The molecule has 8 heteroatoms. The number of hydrogen-bond donors (Lipinski definition) is 0. The Kier molecular flexibility index (Phi) is 3.56. The Labute approximate surface area is 118 Å². The lowest BCUT2D eigenvalue weighted by Crippen LogP contribution is -2.51. The molecule has 0 aromatic carbocycles. The topological polar surface area (TPSA) is 70.4 Å². The van der Waals surface area contributed by atoms with Gasteiger partial charge in [0, 0.05) is 40.3 Å². The molecule has 1 aliphatic heterocycles. The van der Waals surface area contributed by atoms with Crippen molar-refractivity contribution in [3.05, 3.63) is 5.82 Å². The van der Waals surface area contributed by atoms with Gasteiger partial charge in [0.25, 0.3) is 0 Å². The maximum atomic E-state index is 11.9. The quantitative estimate of drug-likeness (QED) is 0.767. The molecule has 3 rings (SSSR count). The summed E-state index contributed by atoms with van der Waals surface area (Å²) in [4.78, 5) is 17.7. The van der Waals surface area contributed by atoms with Crippen LogP contribution in [0.3, 0.4) is 0 Å². The van der Waals surface area contributed by atoms with E-state index in [0.717, 1.165) is 38.5 Å². The second-order valence-corrected chi connectivity index (χ2v) is 5.71. The van der Waals surface area contributed by atoms with E-state index in [9.17, 15) is 4.79 Å². The average molecular weight is 279 g/mol. The Hall–Kier alpha value is -1.70. The summed E-state index contributed by atoms with van der Waals surface area (Å²) in [7, 11) is 3.58. The minimum absolute atomic E-state index is 0.0902. The van der Waals surface area contributed by atoms with E-state index in [2.05, 4.69) is 20.4 Å². The van der Waals surface area contributed by atoms with E-state index in [1.54, 1.807) is 19.0 Å². The first kappa shape index (κ1) is 13.3. The molecule has 2 aliphatic rings. The average Bonchev–Trinajstić information content (AvgIpc) is 3.19. The zero-order chi connectivity index (χ0) is 14.1. The number of aromatic nitrogens is 4. The smallest absolute Gasteiger partial charge is 0.319 e. The normalized spacial score (nSPS) is 20.2.